The summed E-state index contributed by atoms with van der Waals surface area (Å²) < 4.78 is 48.9. The van der Waals surface area contributed by atoms with Crippen LogP contribution in [0.2, 0.25) is 5.02 Å². The molecule has 1 heterocycles. The Labute approximate surface area is 137 Å². The maximum atomic E-state index is 13.5. The van der Waals surface area contributed by atoms with Gasteiger partial charge in [-0.1, -0.05) is 23.7 Å². The first kappa shape index (κ1) is 17.9. The predicted molar refractivity (Wildman–Crippen MR) is 82.6 cm³/mol. The Hall–Kier alpha value is -0.470. The molecule has 0 saturated carbocycles. The third-order valence-corrected chi connectivity index (χ3v) is 4.87. The lowest BCUT2D eigenvalue weighted by Crippen LogP contribution is -2.43. The molecule has 3 nitrogen and oxygen atoms in total. The monoisotopic (exact) mass is 354 g/mol. The van der Waals surface area contributed by atoms with Gasteiger partial charge in [-0.2, -0.15) is 13.2 Å². The Morgan fingerprint density at radius 2 is 2.00 bits per heavy atom. The summed E-state index contributed by atoms with van der Waals surface area (Å²) in [6, 6.07) is 4.17. The number of hydrogen-bond donors (Lipinski definition) is 0. The molecule has 124 valence electrons. The lowest BCUT2D eigenvalue weighted by Gasteiger charge is -2.37. The number of morpholine rings is 1. The molecule has 0 spiro atoms. The fourth-order valence-electron chi connectivity index (χ4n) is 2.30. The van der Waals surface area contributed by atoms with Crippen molar-refractivity contribution in [2.45, 2.75) is 25.2 Å². The Morgan fingerprint density at radius 1 is 1.36 bits per heavy atom. The highest BCUT2D eigenvalue weighted by Gasteiger charge is 2.44. The maximum absolute atomic E-state index is 13.5. The number of alkyl halides is 3. The molecule has 1 aliphatic rings. The number of rotatable bonds is 4. The van der Waals surface area contributed by atoms with Crippen LogP contribution in [-0.4, -0.2) is 47.6 Å². The molecule has 0 bridgehead atoms. The van der Waals surface area contributed by atoms with E-state index in [4.69, 9.17) is 16.3 Å². The van der Waals surface area contributed by atoms with Gasteiger partial charge in [0.15, 0.2) is 0 Å². The van der Waals surface area contributed by atoms with E-state index in [1.165, 1.54) is 35.6 Å². The number of ether oxygens (including phenoxy) is 1. The Morgan fingerprint density at radius 3 is 2.55 bits per heavy atom. The smallest absolute Gasteiger partial charge is 0.378 e. The van der Waals surface area contributed by atoms with Gasteiger partial charge < -0.3 is 4.74 Å². The molecular weight excluding hydrogens is 337 g/mol. The summed E-state index contributed by atoms with van der Waals surface area (Å²) in [5, 5.41) is 0.418. The molecule has 1 fully saturated rings. The van der Waals surface area contributed by atoms with Crippen LogP contribution in [0.1, 0.15) is 18.5 Å². The number of halogens is 4. The van der Waals surface area contributed by atoms with Crippen LogP contribution in [0, 0.1) is 0 Å². The van der Waals surface area contributed by atoms with Crippen molar-refractivity contribution in [1.82, 2.24) is 8.61 Å². The highest BCUT2D eigenvalue weighted by atomic mass is 35.5. The van der Waals surface area contributed by atoms with Crippen molar-refractivity contribution >= 4 is 23.7 Å². The van der Waals surface area contributed by atoms with Gasteiger partial charge in [0.2, 0.25) is 0 Å². The van der Waals surface area contributed by atoms with E-state index in [0.717, 1.165) is 12.1 Å². The van der Waals surface area contributed by atoms with E-state index in [-0.39, 0.29) is 11.6 Å². The third-order valence-electron chi connectivity index (χ3n) is 3.40. The maximum Gasteiger partial charge on any atom is 0.408 e. The van der Waals surface area contributed by atoms with Crippen LogP contribution in [0.3, 0.4) is 0 Å². The van der Waals surface area contributed by atoms with Crippen molar-refractivity contribution in [3.05, 3.63) is 34.9 Å². The normalized spacial score (nSPS) is 22.0. The summed E-state index contributed by atoms with van der Waals surface area (Å²) in [6.07, 6.45) is -4.37. The van der Waals surface area contributed by atoms with Gasteiger partial charge in [-0.25, -0.2) is 8.61 Å². The molecule has 0 radical (unpaired) electrons. The molecule has 0 aliphatic carbocycles. The third kappa shape index (κ3) is 4.52. The summed E-state index contributed by atoms with van der Waals surface area (Å²) in [7, 11) is 1.46. The van der Waals surface area contributed by atoms with Gasteiger partial charge in [-0.15, -0.1) is 0 Å². The van der Waals surface area contributed by atoms with Gasteiger partial charge in [-0.05, 0) is 31.7 Å². The van der Waals surface area contributed by atoms with Crippen molar-refractivity contribution < 1.29 is 17.9 Å². The molecule has 1 saturated heterocycles. The van der Waals surface area contributed by atoms with Crippen LogP contribution in [0.15, 0.2) is 24.3 Å². The fraction of sp³-hybridized carbons (Fsp3) is 0.571. The predicted octanol–water partition coefficient (Wildman–Crippen LogP) is 4.16. The highest BCUT2D eigenvalue weighted by Crippen LogP contribution is 2.41. The summed E-state index contributed by atoms with van der Waals surface area (Å²) in [6.45, 7) is 3.59. The summed E-state index contributed by atoms with van der Waals surface area (Å²) in [5.41, 5.74) is 0.174. The largest absolute Gasteiger partial charge is 0.408 e. The van der Waals surface area contributed by atoms with E-state index < -0.39 is 12.2 Å². The number of hydrogen-bond acceptors (Lipinski definition) is 4. The van der Waals surface area contributed by atoms with Crippen molar-refractivity contribution in [3.8, 4) is 0 Å². The first-order chi connectivity index (χ1) is 10.3. The fourth-order valence-corrected chi connectivity index (χ4v) is 3.47. The molecule has 0 unspecified atom stereocenters. The number of nitrogens with zero attached hydrogens (tertiary/aromatic N) is 2. The number of benzene rings is 1. The Balaban J connectivity index is 2.16. The second kappa shape index (κ2) is 7.40. The van der Waals surface area contributed by atoms with E-state index in [9.17, 15) is 13.2 Å². The summed E-state index contributed by atoms with van der Waals surface area (Å²) in [5.74, 6) is 0. The minimum absolute atomic E-state index is 0.0697. The summed E-state index contributed by atoms with van der Waals surface area (Å²) in [4.78, 5) is 0. The van der Waals surface area contributed by atoms with Gasteiger partial charge in [0.05, 0.1) is 13.2 Å². The zero-order chi connectivity index (χ0) is 16.3. The Bertz CT molecular complexity index is 486. The lowest BCUT2D eigenvalue weighted by atomic mass is 10.1. The molecule has 0 aromatic heterocycles. The molecule has 0 N–H and O–H groups in total. The van der Waals surface area contributed by atoms with Crippen molar-refractivity contribution in [2.75, 3.05) is 26.8 Å². The van der Waals surface area contributed by atoms with Crippen LogP contribution < -0.4 is 0 Å². The van der Waals surface area contributed by atoms with Crippen LogP contribution in [-0.2, 0) is 4.74 Å². The van der Waals surface area contributed by atoms with Crippen LogP contribution in [0.5, 0.6) is 0 Å². The molecule has 1 aromatic rings. The van der Waals surface area contributed by atoms with Crippen LogP contribution >= 0.6 is 23.7 Å². The SMILES string of the molecule is C[C@H]1COCCN1SN(C)[C@H](c1ccc(Cl)cc1)C(F)(F)F. The zero-order valence-electron chi connectivity index (χ0n) is 12.3. The van der Waals surface area contributed by atoms with Crippen molar-refractivity contribution in [2.24, 2.45) is 0 Å². The molecule has 1 aliphatic heterocycles. The van der Waals surface area contributed by atoms with Gasteiger partial charge in [-0.3, -0.25) is 0 Å². The highest BCUT2D eigenvalue weighted by molar-refractivity contribution is 7.94. The van der Waals surface area contributed by atoms with Gasteiger partial charge in [0.1, 0.15) is 6.04 Å². The summed E-state index contributed by atoms with van der Waals surface area (Å²) >= 11 is 6.86. The van der Waals surface area contributed by atoms with Crippen LogP contribution in [0.4, 0.5) is 13.2 Å². The molecule has 22 heavy (non-hydrogen) atoms. The van der Waals surface area contributed by atoms with E-state index in [1.807, 2.05) is 11.2 Å². The molecule has 1 aromatic carbocycles. The van der Waals surface area contributed by atoms with Gasteiger partial charge >= 0.3 is 6.18 Å². The van der Waals surface area contributed by atoms with Crippen molar-refractivity contribution in [1.29, 1.82) is 0 Å². The second-order valence-corrected chi connectivity index (χ2v) is 6.83. The molecular formula is C14H18ClF3N2OS. The van der Waals surface area contributed by atoms with E-state index in [0.29, 0.717) is 24.8 Å². The molecule has 2 atom stereocenters. The topological polar surface area (TPSA) is 15.7 Å². The zero-order valence-corrected chi connectivity index (χ0v) is 13.9. The van der Waals surface area contributed by atoms with Crippen LogP contribution in [0.25, 0.3) is 0 Å². The minimum Gasteiger partial charge on any atom is -0.378 e. The van der Waals surface area contributed by atoms with Gasteiger partial charge in [0.25, 0.3) is 0 Å². The van der Waals surface area contributed by atoms with E-state index in [1.54, 1.807) is 0 Å². The molecule has 8 heteroatoms. The Kier molecular flexibility index (Phi) is 6.01. The second-order valence-electron chi connectivity index (χ2n) is 5.19. The van der Waals surface area contributed by atoms with E-state index >= 15 is 0 Å². The first-order valence-corrected chi connectivity index (χ1v) is 7.97. The first-order valence-electron chi connectivity index (χ1n) is 6.86. The average molecular weight is 355 g/mol. The molecule has 0 amide bonds. The standard InChI is InChI=1S/C14H18ClF3N2OS/c1-10-9-21-8-7-20(10)22-19(2)13(14(16,17)18)11-3-5-12(15)6-4-11/h3-6,10,13H,7-9H2,1-2H3/t10-,13+/m0/s1. The molecule has 2 rings (SSSR count). The average Bonchev–Trinajstić information content (AvgIpc) is 2.42. The quantitative estimate of drug-likeness (QED) is 0.754. The lowest BCUT2D eigenvalue weighted by molar-refractivity contribution is -0.170. The van der Waals surface area contributed by atoms with Crippen molar-refractivity contribution in [3.63, 3.8) is 0 Å². The minimum atomic E-state index is -4.37. The van der Waals surface area contributed by atoms with E-state index in [2.05, 4.69) is 0 Å². The van der Waals surface area contributed by atoms with Gasteiger partial charge in [0, 0.05) is 29.7 Å².